The number of esters is 1. The number of benzene rings is 1. The normalized spacial score (nSPS) is 10.5. The van der Waals surface area contributed by atoms with Gasteiger partial charge in [0.1, 0.15) is 10.6 Å². The van der Waals surface area contributed by atoms with E-state index in [1.165, 1.54) is 22.5 Å². The first-order chi connectivity index (χ1) is 9.04. The van der Waals surface area contributed by atoms with E-state index in [2.05, 4.69) is 19.9 Å². The quantitative estimate of drug-likeness (QED) is 0.867. The number of nitrogens with two attached hydrogens (primary N) is 1. The van der Waals surface area contributed by atoms with Crippen LogP contribution in [0.3, 0.4) is 0 Å². The zero-order chi connectivity index (χ0) is 14.0. The maximum Gasteiger partial charge on any atom is 0.341 e. The van der Waals surface area contributed by atoms with Gasteiger partial charge in [-0.1, -0.05) is 18.2 Å². The van der Waals surface area contributed by atoms with E-state index in [9.17, 15) is 4.79 Å². The third kappa shape index (κ3) is 2.63. The van der Waals surface area contributed by atoms with Crippen molar-refractivity contribution < 1.29 is 9.53 Å². The fourth-order valence-corrected chi connectivity index (χ4v) is 2.72. The largest absolute Gasteiger partial charge is 0.462 e. The Morgan fingerprint density at radius 1 is 1.32 bits per heavy atom. The predicted molar refractivity (Wildman–Crippen MR) is 79.6 cm³/mol. The number of hydrogen-bond donors (Lipinski definition) is 1. The molecule has 0 fully saturated rings. The lowest BCUT2D eigenvalue weighted by molar-refractivity contribution is 0.0529. The number of nitrogen functional groups attached to an aromatic ring is 1. The van der Waals surface area contributed by atoms with Crippen molar-refractivity contribution in [2.75, 3.05) is 12.3 Å². The molecule has 0 aliphatic carbocycles. The van der Waals surface area contributed by atoms with Crippen molar-refractivity contribution in [2.24, 2.45) is 0 Å². The summed E-state index contributed by atoms with van der Waals surface area (Å²) in [7, 11) is 0. The molecular weight excluding hydrogens is 258 g/mol. The summed E-state index contributed by atoms with van der Waals surface area (Å²) in [5.41, 5.74) is 10.6. The SMILES string of the molecule is CCOC(=O)c1c(-c2ccc(C)c(C)c2)csc1N. The molecule has 2 rings (SSSR count). The van der Waals surface area contributed by atoms with Crippen LogP contribution in [-0.4, -0.2) is 12.6 Å². The molecule has 19 heavy (non-hydrogen) atoms. The zero-order valence-electron chi connectivity index (χ0n) is 11.3. The number of thiophene rings is 1. The molecule has 3 nitrogen and oxygen atoms in total. The van der Waals surface area contributed by atoms with Gasteiger partial charge < -0.3 is 10.5 Å². The second-order valence-electron chi connectivity index (χ2n) is 4.41. The molecule has 0 saturated carbocycles. The van der Waals surface area contributed by atoms with Crippen LogP contribution >= 0.6 is 11.3 Å². The summed E-state index contributed by atoms with van der Waals surface area (Å²) in [5.74, 6) is -0.352. The molecule has 2 aromatic rings. The molecule has 0 radical (unpaired) electrons. The van der Waals surface area contributed by atoms with Crippen molar-refractivity contribution in [1.29, 1.82) is 0 Å². The van der Waals surface area contributed by atoms with Gasteiger partial charge in [-0.25, -0.2) is 4.79 Å². The van der Waals surface area contributed by atoms with Crippen molar-refractivity contribution >= 4 is 22.3 Å². The van der Waals surface area contributed by atoms with Gasteiger partial charge in [-0.2, -0.15) is 0 Å². The fraction of sp³-hybridized carbons (Fsp3) is 0.267. The molecule has 0 bridgehead atoms. The van der Waals surface area contributed by atoms with Gasteiger partial charge in [-0.15, -0.1) is 11.3 Å². The van der Waals surface area contributed by atoms with Gasteiger partial charge in [0.25, 0.3) is 0 Å². The highest BCUT2D eigenvalue weighted by molar-refractivity contribution is 7.14. The van der Waals surface area contributed by atoms with Gasteiger partial charge in [0, 0.05) is 10.9 Å². The second-order valence-corrected chi connectivity index (χ2v) is 5.32. The van der Waals surface area contributed by atoms with Crippen LogP contribution in [0.5, 0.6) is 0 Å². The van der Waals surface area contributed by atoms with E-state index in [0.29, 0.717) is 17.2 Å². The minimum atomic E-state index is -0.352. The Morgan fingerprint density at radius 2 is 2.05 bits per heavy atom. The summed E-state index contributed by atoms with van der Waals surface area (Å²) in [6, 6.07) is 6.12. The van der Waals surface area contributed by atoms with Crippen LogP contribution in [0, 0.1) is 13.8 Å². The number of ether oxygens (including phenoxy) is 1. The van der Waals surface area contributed by atoms with Gasteiger partial charge in [0.2, 0.25) is 0 Å². The Hall–Kier alpha value is -1.81. The maximum atomic E-state index is 12.0. The fourth-order valence-electron chi connectivity index (χ4n) is 1.91. The maximum absolute atomic E-state index is 12.0. The van der Waals surface area contributed by atoms with Crippen molar-refractivity contribution in [1.82, 2.24) is 0 Å². The van der Waals surface area contributed by atoms with E-state index in [1.807, 2.05) is 17.5 Å². The van der Waals surface area contributed by atoms with E-state index in [1.54, 1.807) is 6.92 Å². The predicted octanol–water partition coefficient (Wildman–Crippen LogP) is 3.79. The van der Waals surface area contributed by atoms with E-state index in [0.717, 1.165) is 11.1 Å². The monoisotopic (exact) mass is 275 g/mol. The number of hydrogen-bond acceptors (Lipinski definition) is 4. The van der Waals surface area contributed by atoms with E-state index < -0.39 is 0 Å². The smallest absolute Gasteiger partial charge is 0.341 e. The average Bonchev–Trinajstić information content (AvgIpc) is 2.75. The van der Waals surface area contributed by atoms with Gasteiger partial charge in [-0.3, -0.25) is 0 Å². The highest BCUT2D eigenvalue weighted by Crippen LogP contribution is 2.34. The Labute approximate surface area is 117 Å². The van der Waals surface area contributed by atoms with Crippen LogP contribution in [-0.2, 0) is 4.74 Å². The molecule has 1 aromatic carbocycles. The summed E-state index contributed by atoms with van der Waals surface area (Å²) >= 11 is 1.37. The van der Waals surface area contributed by atoms with Crippen molar-refractivity contribution in [3.05, 3.63) is 40.3 Å². The number of carbonyl (C=O) groups is 1. The molecule has 1 aromatic heterocycles. The lowest BCUT2D eigenvalue weighted by Crippen LogP contribution is -2.07. The van der Waals surface area contributed by atoms with Gasteiger partial charge in [-0.05, 0) is 37.5 Å². The highest BCUT2D eigenvalue weighted by atomic mass is 32.1. The Kier molecular flexibility index (Phi) is 3.90. The first-order valence-corrected chi connectivity index (χ1v) is 7.04. The van der Waals surface area contributed by atoms with Crippen LogP contribution in [0.2, 0.25) is 0 Å². The van der Waals surface area contributed by atoms with E-state index in [4.69, 9.17) is 10.5 Å². The molecule has 0 amide bonds. The Balaban J connectivity index is 2.50. The van der Waals surface area contributed by atoms with Crippen LogP contribution in [0.4, 0.5) is 5.00 Å². The Morgan fingerprint density at radius 3 is 2.68 bits per heavy atom. The number of anilines is 1. The molecule has 1 heterocycles. The lowest BCUT2D eigenvalue weighted by Gasteiger charge is -2.07. The van der Waals surface area contributed by atoms with Crippen LogP contribution in [0.25, 0.3) is 11.1 Å². The first kappa shape index (κ1) is 13.6. The van der Waals surface area contributed by atoms with Crippen molar-refractivity contribution in [3.8, 4) is 11.1 Å². The van der Waals surface area contributed by atoms with Crippen molar-refractivity contribution in [3.63, 3.8) is 0 Å². The van der Waals surface area contributed by atoms with Crippen LogP contribution < -0.4 is 5.73 Å². The average molecular weight is 275 g/mol. The third-order valence-corrected chi connectivity index (χ3v) is 3.93. The molecule has 2 N–H and O–H groups in total. The summed E-state index contributed by atoms with van der Waals surface area (Å²) in [4.78, 5) is 12.0. The molecule has 4 heteroatoms. The summed E-state index contributed by atoms with van der Waals surface area (Å²) < 4.78 is 5.07. The number of rotatable bonds is 3. The first-order valence-electron chi connectivity index (χ1n) is 6.16. The zero-order valence-corrected chi connectivity index (χ0v) is 12.1. The van der Waals surface area contributed by atoms with Crippen LogP contribution in [0.15, 0.2) is 23.6 Å². The minimum absolute atomic E-state index is 0.348. The molecule has 0 saturated heterocycles. The molecule has 0 aliphatic rings. The molecule has 0 aliphatic heterocycles. The second kappa shape index (κ2) is 5.45. The van der Waals surface area contributed by atoms with Gasteiger partial charge >= 0.3 is 5.97 Å². The van der Waals surface area contributed by atoms with Gasteiger partial charge in [0.05, 0.1) is 6.61 Å². The molecule has 0 spiro atoms. The highest BCUT2D eigenvalue weighted by Gasteiger charge is 2.19. The Bertz CT molecular complexity index is 617. The standard InChI is InChI=1S/C15H17NO2S/c1-4-18-15(17)13-12(8-19-14(13)16)11-6-5-9(2)10(3)7-11/h5-8H,4,16H2,1-3H3. The van der Waals surface area contributed by atoms with E-state index in [-0.39, 0.29) is 5.97 Å². The third-order valence-electron chi connectivity index (χ3n) is 3.12. The van der Waals surface area contributed by atoms with Crippen molar-refractivity contribution in [2.45, 2.75) is 20.8 Å². The molecule has 0 atom stereocenters. The molecular formula is C15H17NO2S. The topological polar surface area (TPSA) is 52.3 Å². The minimum Gasteiger partial charge on any atom is -0.462 e. The van der Waals surface area contributed by atoms with Gasteiger partial charge in [0.15, 0.2) is 0 Å². The number of carbonyl (C=O) groups excluding carboxylic acids is 1. The summed E-state index contributed by atoms with van der Waals surface area (Å²) in [6.07, 6.45) is 0. The van der Waals surface area contributed by atoms with Crippen LogP contribution in [0.1, 0.15) is 28.4 Å². The summed E-state index contributed by atoms with van der Waals surface area (Å²) in [5, 5.41) is 2.41. The lowest BCUT2D eigenvalue weighted by atomic mass is 9.99. The molecule has 0 unspecified atom stereocenters. The molecule has 100 valence electrons. The van der Waals surface area contributed by atoms with E-state index >= 15 is 0 Å². The number of aryl methyl sites for hydroxylation is 2. The summed E-state index contributed by atoms with van der Waals surface area (Å²) in [6.45, 7) is 6.25.